The summed E-state index contributed by atoms with van der Waals surface area (Å²) in [5.41, 5.74) is 5.35. The lowest BCUT2D eigenvalue weighted by Crippen LogP contribution is -2.44. The van der Waals surface area contributed by atoms with Gasteiger partial charge in [0.05, 0.1) is 11.5 Å². The molecule has 0 spiro atoms. The standard InChI is InChI=1S/C11H14F3NS/c12-11(13,14)8-3-1-5-10(15,7-8)9-4-2-6-16-9/h2,4,6,8H,1,3,5,7,15H2. The summed E-state index contributed by atoms with van der Waals surface area (Å²) in [6.07, 6.45) is -2.66. The summed E-state index contributed by atoms with van der Waals surface area (Å²) in [6, 6.07) is 3.68. The molecule has 2 atom stereocenters. The van der Waals surface area contributed by atoms with Crippen molar-refractivity contribution in [3.8, 4) is 0 Å². The molecule has 1 aliphatic carbocycles. The number of halogens is 3. The minimum Gasteiger partial charge on any atom is -0.321 e. The van der Waals surface area contributed by atoms with Gasteiger partial charge >= 0.3 is 6.18 Å². The largest absolute Gasteiger partial charge is 0.391 e. The Kier molecular flexibility index (Phi) is 3.01. The Morgan fingerprint density at radius 3 is 2.75 bits per heavy atom. The van der Waals surface area contributed by atoms with E-state index in [0.29, 0.717) is 12.8 Å². The molecule has 0 saturated heterocycles. The van der Waals surface area contributed by atoms with Gasteiger partial charge < -0.3 is 5.73 Å². The summed E-state index contributed by atoms with van der Waals surface area (Å²) in [5.74, 6) is -1.24. The summed E-state index contributed by atoms with van der Waals surface area (Å²) in [4.78, 5) is 0.876. The van der Waals surface area contributed by atoms with Crippen LogP contribution < -0.4 is 5.73 Å². The van der Waals surface area contributed by atoms with E-state index in [1.165, 1.54) is 11.3 Å². The Hall–Kier alpha value is -0.550. The van der Waals surface area contributed by atoms with Crippen LogP contribution in [0.15, 0.2) is 17.5 Å². The lowest BCUT2D eigenvalue weighted by atomic mass is 9.75. The first-order valence-corrected chi connectivity index (χ1v) is 6.19. The van der Waals surface area contributed by atoms with E-state index in [-0.39, 0.29) is 12.8 Å². The fourth-order valence-electron chi connectivity index (χ4n) is 2.37. The van der Waals surface area contributed by atoms with E-state index in [0.717, 1.165) is 4.88 Å². The number of nitrogens with two attached hydrogens (primary N) is 1. The molecule has 0 aromatic carbocycles. The van der Waals surface area contributed by atoms with Gasteiger partial charge in [0.2, 0.25) is 0 Å². The number of hydrogen-bond acceptors (Lipinski definition) is 2. The van der Waals surface area contributed by atoms with Gasteiger partial charge in [-0.3, -0.25) is 0 Å². The number of thiophene rings is 1. The topological polar surface area (TPSA) is 26.0 Å². The summed E-state index contributed by atoms with van der Waals surface area (Å²) >= 11 is 1.45. The van der Waals surface area contributed by atoms with Crippen LogP contribution >= 0.6 is 11.3 Å². The molecule has 1 aromatic rings. The van der Waals surface area contributed by atoms with Gasteiger partial charge in [0, 0.05) is 4.88 Å². The van der Waals surface area contributed by atoms with Crippen LogP contribution in [0.2, 0.25) is 0 Å². The highest BCUT2D eigenvalue weighted by atomic mass is 32.1. The van der Waals surface area contributed by atoms with Gasteiger partial charge in [-0.25, -0.2) is 0 Å². The van der Waals surface area contributed by atoms with E-state index in [9.17, 15) is 13.2 Å². The minimum absolute atomic E-state index is 0.0248. The summed E-state index contributed by atoms with van der Waals surface area (Å²) in [6.45, 7) is 0. The zero-order valence-corrected chi connectivity index (χ0v) is 9.57. The Balaban J connectivity index is 2.18. The Labute approximate surface area is 96.5 Å². The maximum absolute atomic E-state index is 12.7. The third-order valence-electron chi connectivity index (χ3n) is 3.26. The van der Waals surface area contributed by atoms with Crippen molar-refractivity contribution in [3.63, 3.8) is 0 Å². The molecular weight excluding hydrogens is 235 g/mol. The van der Waals surface area contributed by atoms with Crippen molar-refractivity contribution in [2.45, 2.75) is 37.4 Å². The monoisotopic (exact) mass is 249 g/mol. The molecule has 1 nitrogen and oxygen atoms in total. The molecular formula is C11H14F3NS. The van der Waals surface area contributed by atoms with Gasteiger partial charge in [-0.05, 0) is 30.7 Å². The van der Waals surface area contributed by atoms with Crippen molar-refractivity contribution in [2.75, 3.05) is 0 Å². The molecule has 1 saturated carbocycles. The van der Waals surface area contributed by atoms with Crippen molar-refractivity contribution in [2.24, 2.45) is 11.7 Å². The molecule has 1 aromatic heterocycles. The maximum Gasteiger partial charge on any atom is 0.391 e. The van der Waals surface area contributed by atoms with E-state index in [4.69, 9.17) is 5.73 Å². The van der Waals surface area contributed by atoms with Gasteiger partial charge in [0.25, 0.3) is 0 Å². The molecule has 1 heterocycles. The van der Waals surface area contributed by atoms with Crippen LogP contribution in [-0.2, 0) is 5.54 Å². The first-order valence-electron chi connectivity index (χ1n) is 5.31. The maximum atomic E-state index is 12.7. The predicted molar refractivity (Wildman–Crippen MR) is 58.2 cm³/mol. The quantitative estimate of drug-likeness (QED) is 0.807. The molecule has 2 N–H and O–H groups in total. The van der Waals surface area contributed by atoms with Crippen molar-refractivity contribution in [1.82, 2.24) is 0 Å². The zero-order chi connectivity index (χ0) is 11.8. The Morgan fingerprint density at radius 2 is 2.19 bits per heavy atom. The molecule has 2 unspecified atom stereocenters. The van der Waals surface area contributed by atoms with E-state index in [1.54, 1.807) is 0 Å². The first kappa shape index (κ1) is 11.9. The number of alkyl halides is 3. The molecule has 0 radical (unpaired) electrons. The predicted octanol–water partition coefficient (Wildman–Crippen LogP) is 3.65. The van der Waals surface area contributed by atoms with Gasteiger partial charge in [-0.15, -0.1) is 11.3 Å². The van der Waals surface area contributed by atoms with Crippen LogP contribution in [0, 0.1) is 5.92 Å². The average Bonchev–Trinajstić information content (AvgIpc) is 2.69. The van der Waals surface area contributed by atoms with Crippen molar-refractivity contribution in [1.29, 1.82) is 0 Å². The van der Waals surface area contributed by atoms with Crippen LogP contribution in [0.3, 0.4) is 0 Å². The molecule has 2 rings (SSSR count). The fraction of sp³-hybridized carbons (Fsp3) is 0.636. The highest BCUT2D eigenvalue weighted by Crippen LogP contribution is 2.45. The van der Waals surface area contributed by atoms with Crippen LogP contribution in [0.1, 0.15) is 30.6 Å². The molecule has 1 fully saturated rings. The summed E-state index contributed by atoms with van der Waals surface area (Å²) in [5, 5.41) is 1.86. The SMILES string of the molecule is NC1(c2cccs2)CCCC(C(F)(F)F)C1. The van der Waals surface area contributed by atoms with Crippen molar-refractivity contribution >= 4 is 11.3 Å². The van der Waals surface area contributed by atoms with Gasteiger partial charge in [-0.1, -0.05) is 12.5 Å². The number of hydrogen-bond donors (Lipinski definition) is 1. The zero-order valence-electron chi connectivity index (χ0n) is 8.76. The fourth-order valence-corrected chi connectivity index (χ4v) is 3.25. The number of rotatable bonds is 1. The first-order chi connectivity index (χ1) is 7.42. The van der Waals surface area contributed by atoms with Gasteiger partial charge in [0.15, 0.2) is 0 Å². The Morgan fingerprint density at radius 1 is 1.44 bits per heavy atom. The third kappa shape index (κ3) is 2.25. The summed E-state index contributed by atoms with van der Waals surface area (Å²) < 4.78 is 38.0. The molecule has 0 aliphatic heterocycles. The lowest BCUT2D eigenvalue weighted by Gasteiger charge is -2.38. The minimum atomic E-state index is -4.11. The van der Waals surface area contributed by atoms with E-state index < -0.39 is 17.6 Å². The average molecular weight is 249 g/mol. The van der Waals surface area contributed by atoms with Crippen LogP contribution in [0.5, 0.6) is 0 Å². The molecule has 90 valence electrons. The molecule has 0 amide bonds. The smallest absolute Gasteiger partial charge is 0.321 e. The van der Waals surface area contributed by atoms with Crippen LogP contribution in [0.25, 0.3) is 0 Å². The van der Waals surface area contributed by atoms with E-state index >= 15 is 0 Å². The van der Waals surface area contributed by atoms with Crippen LogP contribution in [-0.4, -0.2) is 6.18 Å². The molecule has 16 heavy (non-hydrogen) atoms. The van der Waals surface area contributed by atoms with E-state index in [1.807, 2.05) is 17.5 Å². The molecule has 5 heteroatoms. The lowest BCUT2D eigenvalue weighted by molar-refractivity contribution is -0.187. The van der Waals surface area contributed by atoms with Gasteiger partial charge in [-0.2, -0.15) is 13.2 Å². The second-order valence-electron chi connectivity index (χ2n) is 4.47. The van der Waals surface area contributed by atoms with E-state index in [2.05, 4.69) is 0 Å². The normalized spacial score (nSPS) is 31.6. The molecule has 1 aliphatic rings. The van der Waals surface area contributed by atoms with Gasteiger partial charge in [0.1, 0.15) is 0 Å². The van der Waals surface area contributed by atoms with Crippen molar-refractivity contribution < 1.29 is 13.2 Å². The molecule has 0 bridgehead atoms. The summed E-state index contributed by atoms with van der Waals surface area (Å²) in [7, 11) is 0. The third-order valence-corrected chi connectivity index (χ3v) is 4.35. The highest BCUT2D eigenvalue weighted by Gasteiger charge is 2.47. The van der Waals surface area contributed by atoms with Crippen LogP contribution in [0.4, 0.5) is 13.2 Å². The van der Waals surface area contributed by atoms with Crippen molar-refractivity contribution in [3.05, 3.63) is 22.4 Å². The second-order valence-corrected chi connectivity index (χ2v) is 5.42. The second kappa shape index (κ2) is 4.04. The highest BCUT2D eigenvalue weighted by molar-refractivity contribution is 7.10. The Bertz CT molecular complexity index is 347.